The number of aromatic hydroxyl groups is 1. The van der Waals surface area contributed by atoms with Gasteiger partial charge in [0.1, 0.15) is 12.4 Å². The van der Waals surface area contributed by atoms with E-state index in [1.54, 1.807) is 0 Å². The van der Waals surface area contributed by atoms with Crippen LogP contribution in [0, 0.1) is 10.1 Å². The molecule has 0 aromatic heterocycles. The number of hydrogen-bond acceptors (Lipinski definition) is 5. The van der Waals surface area contributed by atoms with Crippen molar-refractivity contribution in [2.75, 3.05) is 32.9 Å². The molecular weight excluding hydrogens is 324 g/mol. The highest BCUT2D eigenvalue weighted by molar-refractivity contribution is 5.85. The summed E-state index contributed by atoms with van der Waals surface area (Å²) in [6.45, 7) is 2.10. The molecule has 0 spiro atoms. The van der Waals surface area contributed by atoms with E-state index in [0.717, 1.165) is 13.1 Å². The van der Waals surface area contributed by atoms with Crippen molar-refractivity contribution in [2.24, 2.45) is 0 Å². The van der Waals surface area contributed by atoms with Gasteiger partial charge in [0, 0.05) is 43.9 Å². The minimum Gasteiger partial charge on any atom is -0.508 e. The maximum atomic E-state index is 13.3. The molecule has 9 heteroatoms. The Morgan fingerprint density at radius 1 is 1.38 bits per heavy atom. The Labute approximate surface area is 134 Å². The molecule has 1 aromatic rings. The number of nitro benzene ring substituents is 1. The lowest BCUT2D eigenvalue weighted by Gasteiger charge is -2.33. The van der Waals surface area contributed by atoms with Crippen molar-refractivity contribution in [1.82, 2.24) is 10.2 Å². The number of piperazine rings is 1. The van der Waals surface area contributed by atoms with Gasteiger partial charge in [-0.2, -0.15) is 0 Å². The third-order valence-electron chi connectivity index (χ3n) is 3.32. The van der Waals surface area contributed by atoms with Gasteiger partial charge >= 0.3 is 0 Å². The number of phenolic OH excluding ortho intramolecular Hbond substituents is 1. The molecule has 1 aromatic carbocycles. The van der Waals surface area contributed by atoms with Gasteiger partial charge in [0.25, 0.3) is 5.69 Å². The molecule has 2 rings (SSSR count). The summed E-state index contributed by atoms with van der Waals surface area (Å²) in [6.07, 6.45) is 0. The van der Waals surface area contributed by atoms with Gasteiger partial charge in [-0.3, -0.25) is 15.0 Å². The Bertz CT molecular complexity index is 473. The normalized spacial score (nSPS) is 16.4. The Morgan fingerprint density at radius 3 is 2.52 bits per heavy atom. The summed E-state index contributed by atoms with van der Waals surface area (Å²) >= 11 is 0. The van der Waals surface area contributed by atoms with E-state index >= 15 is 0 Å². The Balaban J connectivity index is 0.00000200. The second-order valence-electron chi connectivity index (χ2n) is 4.46. The first-order valence-electron chi connectivity index (χ1n) is 6.11. The summed E-state index contributed by atoms with van der Waals surface area (Å²) in [6, 6.07) is 3.08. The number of nitrogens with zero attached hydrogens (tertiary/aromatic N) is 2. The number of nitro groups is 1. The number of halogens is 3. The molecule has 21 heavy (non-hydrogen) atoms. The van der Waals surface area contributed by atoms with Gasteiger partial charge in [0.05, 0.1) is 11.0 Å². The second kappa shape index (κ2) is 8.99. The van der Waals surface area contributed by atoms with Gasteiger partial charge in [0.2, 0.25) is 0 Å². The van der Waals surface area contributed by atoms with Gasteiger partial charge in [-0.05, 0) is 6.07 Å². The molecule has 0 amide bonds. The standard InChI is InChI=1S/C12H16FN3O3.2ClH/c13-8-11(15-5-3-14-4-6-15)10-7-9(16(18)19)1-2-12(10)17;;/h1-2,7,11,14,17H,3-6,8H2;2*1H/t11-;;/m1../s1. The highest BCUT2D eigenvalue weighted by atomic mass is 35.5. The molecule has 1 aliphatic rings. The average molecular weight is 342 g/mol. The predicted molar refractivity (Wildman–Crippen MR) is 82.4 cm³/mol. The highest BCUT2D eigenvalue weighted by Crippen LogP contribution is 2.32. The first-order valence-corrected chi connectivity index (χ1v) is 6.11. The van der Waals surface area contributed by atoms with Crippen molar-refractivity contribution in [3.05, 3.63) is 33.9 Å². The van der Waals surface area contributed by atoms with Crippen molar-refractivity contribution in [3.63, 3.8) is 0 Å². The van der Waals surface area contributed by atoms with Crippen molar-refractivity contribution >= 4 is 30.5 Å². The van der Waals surface area contributed by atoms with Gasteiger partial charge in [-0.1, -0.05) is 0 Å². The molecule has 6 nitrogen and oxygen atoms in total. The fraction of sp³-hybridized carbons (Fsp3) is 0.500. The molecule has 1 heterocycles. The van der Waals surface area contributed by atoms with Gasteiger partial charge in [-0.15, -0.1) is 24.8 Å². The summed E-state index contributed by atoms with van der Waals surface area (Å²) < 4.78 is 13.3. The quantitative estimate of drug-likeness (QED) is 0.647. The lowest BCUT2D eigenvalue weighted by Crippen LogP contribution is -2.45. The number of rotatable bonds is 4. The average Bonchev–Trinajstić information content (AvgIpc) is 2.42. The molecule has 2 N–H and O–H groups in total. The monoisotopic (exact) mass is 341 g/mol. The molecule has 0 saturated carbocycles. The summed E-state index contributed by atoms with van der Waals surface area (Å²) in [4.78, 5) is 12.1. The molecule has 120 valence electrons. The smallest absolute Gasteiger partial charge is 0.270 e. The SMILES string of the molecule is Cl.Cl.O=[N+]([O-])c1ccc(O)c([C@@H](CF)N2CCNCC2)c1. The number of hydrogen-bond donors (Lipinski definition) is 2. The van der Waals surface area contributed by atoms with Crippen LogP contribution in [0.2, 0.25) is 0 Å². The minimum atomic E-state index is -0.686. The van der Waals surface area contributed by atoms with Crippen LogP contribution in [0.5, 0.6) is 5.75 Å². The Morgan fingerprint density at radius 2 is 2.00 bits per heavy atom. The first-order chi connectivity index (χ1) is 9.13. The van der Waals surface area contributed by atoms with Crippen molar-refractivity contribution in [1.29, 1.82) is 0 Å². The topological polar surface area (TPSA) is 78.6 Å². The molecule has 1 fully saturated rings. The van der Waals surface area contributed by atoms with Crippen LogP contribution in [-0.4, -0.2) is 47.8 Å². The van der Waals surface area contributed by atoms with Crippen LogP contribution in [0.1, 0.15) is 11.6 Å². The summed E-state index contributed by atoms with van der Waals surface area (Å²) in [5.41, 5.74) is 0.139. The molecular formula is C12H18Cl2FN3O3. The zero-order valence-corrected chi connectivity index (χ0v) is 12.8. The second-order valence-corrected chi connectivity index (χ2v) is 4.46. The van der Waals surface area contributed by atoms with Crippen LogP contribution >= 0.6 is 24.8 Å². The van der Waals surface area contributed by atoms with Crippen LogP contribution < -0.4 is 5.32 Å². The zero-order valence-electron chi connectivity index (χ0n) is 11.2. The number of benzene rings is 1. The highest BCUT2D eigenvalue weighted by Gasteiger charge is 2.26. The minimum absolute atomic E-state index is 0. The lowest BCUT2D eigenvalue weighted by molar-refractivity contribution is -0.385. The Kier molecular flexibility index (Phi) is 8.50. The van der Waals surface area contributed by atoms with Gasteiger partial charge in [-0.25, -0.2) is 4.39 Å². The molecule has 0 aliphatic carbocycles. The van der Waals surface area contributed by atoms with E-state index < -0.39 is 17.6 Å². The number of phenols is 1. The predicted octanol–water partition coefficient (Wildman–Crippen LogP) is 2.06. The van der Waals surface area contributed by atoms with Crippen LogP contribution in [0.4, 0.5) is 10.1 Å². The van der Waals surface area contributed by atoms with E-state index in [1.165, 1.54) is 18.2 Å². The number of nitrogens with one attached hydrogen (secondary N) is 1. The van der Waals surface area contributed by atoms with Crippen LogP contribution in [0.15, 0.2) is 18.2 Å². The molecule has 0 radical (unpaired) electrons. The van der Waals surface area contributed by atoms with E-state index in [-0.39, 0.29) is 41.8 Å². The fourth-order valence-electron chi connectivity index (χ4n) is 2.29. The maximum absolute atomic E-state index is 13.3. The number of alkyl halides is 1. The summed E-state index contributed by atoms with van der Waals surface area (Å²) in [5.74, 6) is -0.105. The van der Waals surface area contributed by atoms with E-state index in [1.807, 2.05) is 4.90 Å². The molecule has 1 saturated heterocycles. The summed E-state index contributed by atoms with van der Waals surface area (Å²) in [5, 5.41) is 23.7. The van der Waals surface area contributed by atoms with Gasteiger partial charge < -0.3 is 10.4 Å². The van der Waals surface area contributed by atoms with Crippen LogP contribution in [0.3, 0.4) is 0 Å². The number of non-ortho nitro benzene ring substituents is 1. The molecule has 1 aliphatic heterocycles. The largest absolute Gasteiger partial charge is 0.508 e. The molecule has 0 bridgehead atoms. The van der Waals surface area contributed by atoms with Crippen LogP contribution in [0.25, 0.3) is 0 Å². The van der Waals surface area contributed by atoms with E-state index in [9.17, 15) is 19.6 Å². The molecule has 1 atom stereocenters. The third kappa shape index (κ3) is 4.67. The van der Waals surface area contributed by atoms with E-state index in [4.69, 9.17) is 0 Å². The maximum Gasteiger partial charge on any atom is 0.270 e. The zero-order chi connectivity index (χ0) is 13.8. The third-order valence-corrected chi connectivity index (χ3v) is 3.32. The molecule has 0 unspecified atom stereocenters. The van der Waals surface area contributed by atoms with Crippen molar-refractivity contribution < 1.29 is 14.4 Å². The fourth-order valence-corrected chi connectivity index (χ4v) is 2.29. The van der Waals surface area contributed by atoms with Crippen molar-refractivity contribution in [2.45, 2.75) is 6.04 Å². The van der Waals surface area contributed by atoms with Gasteiger partial charge in [0.15, 0.2) is 0 Å². The first kappa shape index (κ1) is 19.9. The lowest BCUT2D eigenvalue weighted by atomic mass is 10.0. The Hall–Kier alpha value is -1.15. The van der Waals surface area contributed by atoms with Crippen molar-refractivity contribution in [3.8, 4) is 5.75 Å². The summed E-state index contributed by atoms with van der Waals surface area (Å²) in [7, 11) is 0. The van der Waals surface area contributed by atoms with E-state index in [0.29, 0.717) is 13.1 Å². The van der Waals surface area contributed by atoms with Crippen LogP contribution in [-0.2, 0) is 0 Å². The van der Waals surface area contributed by atoms with E-state index in [2.05, 4.69) is 5.32 Å².